The Kier molecular flexibility index (Phi) is 3.40. The topological polar surface area (TPSA) is 89.2 Å². The molecular weight excluding hydrogens is 308 g/mol. The Morgan fingerprint density at radius 2 is 1.86 bits per heavy atom. The molecule has 0 radical (unpaired) electrons. The Balaban J connectivity index is 2.33. The van der Waals surface area contributed by atoms with Crippen LogP contribution in [0.1, 0.15) is 13.8 Å². The number of sulfonamides is 1. The minimum atomic E-state index is -4.16. The lowest BCUT2D eigenvalue weighted by Gasteiger charge is -2.25. The van der Waals surface area contributed by atoms with Gasteiger partial charge in [0, 0.05) is 13.1 Å². The van der Waals surface area contributed by atoms with E-state index in [-0.39, 0.29) is 17.4 Å². The summed E-state index contributed by atoms with van der Waals surface area (Å²) in [5.41, 5.74) is -0.710. The van der Waals surface area contributed by atoms with Gasteiger partial charge in [-0.1, -0.05) is 12.1 Å². The SMILES string of the molecule is CCN(CC)C1=NS(=O)(=O)c2c(c3ccccc3oc2=O)O1. The molecule has 7 nitrogen and oxygen atoms in total. The van der Waals surface area contributed by atoms with Gasteiger partial charge in [0.05, 0.1) is 5.39 Å². The molecule has 0 atom stereocenters. The number of nitrogens with zero attached hydrogens (tertiary/aromatic N) is 2. The number of benzene rings is 1. The smallest absolute Gasteiger partial charge is 0.361 e. The molecule has 22 heavy (non-hydrogen) atoms. The first-order valence-corrected chi connectivity index (χ1v) is 8.25. The second-order valence-electron chi connectivity index (χ2n) is 4.67. The van der Waals surface area contributed by atoms with Crippen molar-refractivity contribution >= 4 is 27.0 Å². The maximum absolute atomic E-state index is 12.3. The Bertz CT molecular complexity index is 926. The molecule has 0 unspecified atom stereocenters. The van der Waals surface area contributed by atoms with Crippen molar-refractivity contribution in [1.29, 1.82) is 0 Å². The minimum absolute atomic E-state index is 0.0243. The van der Waals surface area contributed by atoms with Crippen molar-refractivity contribution in [2.24, 2.45) is 4.40 Å². The van der Waals surface area contributed by atoms with Crippen molar-refractivity contribution in [2.75, 3.05) is 13.1 Å². The van der Waals surface area contributed by atoms with Crippen LogP contribution in [0.3, 0.4) is 0 Å². The third-order valence-electron chi connectivity index (χ3n) is 3.41. The van der Waals surface area contributed by atoms with Crippen molar-refractivity contribution in [3.63, 3.8) is 0 Å². The monoisotopic (exact) mass is 322 g/mol. The number of hydrogen-bond acceptors (Lipinski definition) is 6. The number of ether oxygens (including phenoxy) is 1. The predicted octanol–water partition coefficient (Wildman–Crippen LogP) is 1.57. The van der Waals surface area contributed by atoms with Gasteiger partial charge in [-0.2, -0.15) is 8.42 Å². The van der Waals surface area contributed by atoms with E-state index in [2.05, 4.69) is 4.40 Å². The molecule has 1 aliphatic heterocycles. The standard InChI is InChI=1S/C14H14N2O5S/c1-3-16(4-2)14-15-22(18,19)12-11(21-14)9-7-5-6-8-10(9)20-13(12)17/h5-8H,3-4H2,1-2H3. The van der Waals surface area contributed by atoms with E-state index in [4.69, 9.17) is 9.15 Å². The number of hydrogen-bond donors (Lipinski definition) is 0. The summed E-state index contributed by atoms with van der Waals surface area (Å²) in [4.78, 5) is 13.1. The molecule has 0 saturated heterocycles. The van der Waals surface area contributed by atoms with Crippen molar-refractivity contribution < 1.29 is 17.6 Å². The van der Waals surface area contributed by atoms with Crippen LogP contribution in [0.15, 0.2) is 42.8 Å². The van der Waals surface area contributed by atoms with E-state index in [1.807, 2.05) is 13.8 Å². The van der Waals surface area contributed by atoms with Crippen LogP contribution in [0.4, 0.5) is 0 Å². The van der Waals surface area contributed by atoms with Gasteiger partial charge in [0.25, 0.3) is 10.0 Å². The van der Waals surface area contributed by atoms with Gasteiger partial charge in [-0.05, 0) is 26.0 Å². The lowest BCUT2D eigenvalue weighted by atomic mass is 10.2. The Labute approximate surface area is 126 Å². The molecule has 0 aliphatic carbocycles. The second kappa shape index (κ2) is 5.13. The molecule has 2 heterocycles. The molecule has 116 valence electrons. The highest BCUT2D eigenvalue weighted by atomic mass is 32.2. The zero-order valence-corrected chi connectivity index (χ0v) is 12.9. The highest BCUT2D eigenvalue weighted by molar-refractivity contribution is 7.90. The summed E-state index contributed by atoms with van der Waals surface area (Å²) in [6.45, 7) is 4.77. The highest BCUT2D eigenvalue weighted by Crippen LogP contribution is 2.34. The molecule has 1 aromatic heterocycles. The van der Waals surface area contributed by atoms with E-state index in [9.17, 15) is 13.2 Å². The van der Waals surface area contributed by atoms with Crippen LogP contribution in [0.25, 0.3) is 11.0 Å². The molecule has 1 aliphatic rings. The number of fused-ring (bicyclic) bond motifs is 3. The largest absolute Gasteiger partial charge is 0.423 e. The van der Waals surface area contributed by atoms with Crippen LogP contribution in [0.2, 0.25) is 0 Å². The van der Waals surface area contributed by atoms with Gasteiger partial charge < -0.3 is 14.1 Å². The van der Waals surface area contributed by atoms with Gasteiger partial charge in [-0.3, -0.25) is 0 Å². The van der Waals surface area contributed by atoms with Crippen LogP contribution >= 0.6 is 0 Å². The summed E-state index contributed by atoms with van der Waals surface area (Å²) >= 11 is 0. The number of rotatable bonds is 2. The lowest BCUT2D eigenvalue weighted by molar-refractivity contribution is 0.355. The second-order valence-corrected chi connectivity index (χ2v) is 6.21. The van der Waals surface area contributed by atoms with Gasteiger partial charge in [0.15, 0.2) is 5.75 Å². The first-order chi connectivity index (χ1) is 10.5. The fourth-order valence-electron chi connectivity index (χ4n) is 2.30. The molecule has 3 rings (SSSR count). The maximum atomic E-state index is 12.3. The molecule has 0 amide bonds. The molecule has 2 aromatic rings. The van der Waals surface area contributed by atoms with Crippen LogP contribution in [-0.4, -0.2) is 32.4 Å². The van der Waals surface area contributed by atoms with Crippen LogP contribution in [0, 0.1) is 0 Å². The molecule has 8 heteroatoms. The summed E-state index contributed by atoms with van der Waals surface area (Å²) in [5, 5.41) is 0.417. The molecule has 0 fully saturated rings. The Morgan fingerprint density at radius 1 is 1.18 bits per heavy atom. The quantitative estimate of drug-likeness (QED) is 0.780. The summed E-state index contributed by atoms with van der Waals surface area (Å²) in [5.74, 6) is -0.0243. The third-order valence-corrected chi connectivity index (χ3v) is 4.67. The van der Waals surface area contributed by atoms with Gasteiger partial charge in [-0.25, -0.2) is 4.79 Å². The summed E-state index contributed by atoms with van der Waals surface area (Å²) in [6.07, 6.45) is 0. The van der Waals surface area contributed by atoms with Crippen LogP contribution in [0.5, 0.6) is 5.75 Å². The lowest BCUT2D eigenvalue weighted by Crippen LogP contribution is -2.38. The number of para-hydroxylation sites is 1. The molecule has 0 bridgehead atoms. The zero-order valence-electron chi connectivity index (χ0n) is 12.1. The molecule has 0 N–H and O–H groups in total. The van der Waals surface area contributed by atoms with E-state index in [1.54, 1.807) is 29.2 Å². The maximum Gasteiger partial charge on any atom is 0.361 e. The Morgan fingerprint density at radius 3 is 2.55 bits per heavy atom. The van der Waals surface area contributed by atoms with Crippen molar-refractivity contribution in [2.45, 2.75) is 18.7 Å². The fraction of sp³-hybridized carbons (Fsp3) is 0.286. The summed E-state index contributed by atoms with van der Waals surface area (Å²) in [6, 6.07) is 6.58. The first kappa shape index (κ1) is 14.6. The van der Waals surface area contributed by atoms with E-state index < -0.39 is 20.5 Å². The molecule has 1 aromatic carbocycles. The van der Waals surface area contributed by atoms with Gasteiger partial charge >= 0.3 is 11.6 Å². The average Bonchev–Trinajstić information content (AvgIpc) is 2.47. The predicted molar refractivity (Wildman–Crippen MR) is 80.7 cm³/mol. The van der Waals surface area contributed by atoms with Crippen LogP contribution < -0.4 is 10.4 Å². The molecule has 0 spiro atoms. The molecule has 0 saturated carbocycles. The Hall–Kier alpha value is -2.35. The zero-order chi connectivity index (χ0) is 15.9. The van der Waals surface area contributed by atoms with Crippen molar-refractivity contribution in [1.82, 2.24) is 4.90 Å². The average molecular weight is 322 g/mol. The van der Waals surface area contributed by atoms with Crippen molar-refractivity contribution in [3.05, 3.63) is 34.7 Å². The van der Waals surface area contributed by atoms with Crippen LogP contribution in [-0.2, 0) is 10.0 Å². The highest BCUT2D eigenvalue weighted by Gasteiger charge is 2.34. The van der Waals surface area contributed by atoms with Gasteiger partial charge in [-0.15, -0.1) is 4.40 Å². The summed E-state index contributed by atoms with van der Waals surface area (Å²) < 4.78 is 38.9. The first-order valence-electron chi connectivity index (χ1n) is 6.81. The molecular formula is C14H14N2O5S. The van der Waals surface area contributed by atoms with E-state index in [0.717, 1.165) is 0 Å². The van der Waals surface area contributed by atoms with E-state index in [1.165, 1.54) is 0 Å². The van der Waals surface area contributed by atoms with Gasteiger partial charge in [0.1, 0.15) is 5.58 Å². The minimum Gasteiger partial charge on any atom is -0.423 e. The third kappa shape index (κ3) is 2.16. The van der Waals surface area contributed by atoms with Crippen molar-refractivity contribution in [3.8, 4) is 5.75 Å². The van der Waals surface area contributed by atoms with E-state index >= 15 is 0 Å². The number of amidine groups is 1. The fourth-order valence-corrected chi connectivity index (χ4v) is 3.39. The summed E-state index contributed by atoms with van der Waals surface area (Å²) in [7, 11) is -4.16. The van der Waals surface area contributed by atoms with Gasteiger partial charge in [0.2, 0.25) is 4.90 Å². The normalized spacial score (nSPS) is 15.8. The van der Waals surface area contributed by atoms with E-state index in [0.29, 0.717) is 18.5 Å².